The Morgan fingerprint density at radius 1 is 0.621 bits per heavy atom. The van der Waals surface area contributed by atoms with Gasteiger partial charge in [-0.15, -0.1) is 0 Å². The summed E-state index contributed by atoms with van der Waals surface area (Å²) in [4.78, 5) is 69.9. The van der Waals surface area contributed by atoms with Crippen LogP contribution in [0.3, 0.4) is 0 Å². The van der Waals surface area contributed by atoms with Crippen LogP contribution >= 0.6 is 0 Å². The summed E-state index contributed by atoms with van der Waals surface area (Å²) in [5, 5.41) is 7.72. The van der Waals surface area contributed by atoms with Crippen molar-refractivity contribution in [1.82, 2.24) is 30.4 Å². The van der Waals surface area contributed by atoms with Crippen molar-refractivity contribution < 1.29 is 28.7 Å². The predicted molar refractivity (Wildman–Crippen MR) is 253 cm³/mol. The molecular weight excluding hydrogens is 831 g/mol. The van der Waals surface area contributed by atoms with Crippen LogP contribution in [0.2, 0.25) is 0 Å². The van der Waals surface area contributed by atoms with E-state index in [2.05, 4.69) is 82.3 Å². The number of imidazole rings is 1. The summed E-state index contributed by atoms with van der Waals surface area (Å²) in [6.07, 6.45) is 2.56. The lowest BCUT2D eigenvalue weighted by Gasteiger charge is -2.29. The molecule has 13 nitrogen and oxygen atoms in total. The second-order valence-corrected chi connectivity index (χ2v) is 17.1. The lowest BCUT2D eigenvalue weighted by atomic mass is 9.95. The fourth-order valence-corrected chi connectivity index (χ4v) is 9.81. The Balaban J connectivity index is 0.836. The average molecular weight is 880 g/mol. The topological polar surface area (TPSA) is 158 Å². The molecular formula is C53H49N7O6. The largest absolute Gasteiger partial charge is 0.453 e. The maximum absolute atomic E-state index is 14.1. The van der Waals surface area contributed by atoms with Crippen LogP contribution in [0.5, 0.6) is 0 Å². The van der Waals surface area contributed by atoms with Crippen molar-refractivity contribution in [3.05, 3.63) is 156 Å². The van der Waals surface area contributed by atoms with Crippen LogP contribution in [0.1, 0.15) is 66.3 Å². The van der Waals surface area contributed by atoms with E-state index in [1.54, 1.807) is 0 Å². The number of aromatic amines is 1. The van der Waals surface area contributed by atoms with Crippen molar-refractivity contribution in [2.24, 2.45) is 4.99 Å². The summed E-state index contributed by atoms with van der Waals surface area (Å²) in [6, 6.07) is 41.9. The van der Waals surface area contributed by atoms with Gasteiger partial charge in [0.15, 0.2) is 0 Å². The molecule has 6 aromatic carbocycles. The first-order valence-corrected chi connectivity index (χ1v) is 22.4. The number of ether oxygens (including phenoxy) is 2. The van der Waals surface area contributed by atoms with Gasteiger partial charge in [-0.3, -0.25) is 14.6 Å². The molecule has 0 bridgehead atoms. The van der Waals surface area contributed by atoms with Crippen molar-refractivity contribution in [2.45, 2.75) is 56.3 Å². The molecule has 0 saturated carbocycles. The number of hydrogen-bond acceptors (Lipinski definition) is 8. The molecule has 0 spiro atoms. The highest BCUT2D eigenvalue weighted by Crippen LogP contribution is 2.38. The van der Waals surface area contributed by atoms with Crippen molar-refractivity contribution in [3.63, 3.8) is 0 Å². The predicted octanol–water partition coefficient (Wildman–Crippen LogP) is 9.53. The highest BCUT2D eigenvalue weighted by molar-refractivity contribution is 6.02. The first-order chi connectivity index (χ1) is 32.2. The number of benzene rings is 6. The highest BCUT2D eigenvalue weighted by Gasteiger charge is 2.39. The zero-order chi connectivity index (χ0) is 45.3. The van der Waals surface area contributed by atoms with E-state index in [9.17, 15) is 19.2 Å². The zero-order valence-electron chi connectivity index (χ0n) is 36.7. The monoisotopic (exact) mass is 879 g/mol. The minimum absolute atomic E-state index is 0.158. The molecule has 2 fully saturated rings. The second kappa shape index (κ2) is 18.0. The molecule has 13 heteroatoms. The molecule has 3 aliphatic heterocycles. The smallest absolute Gasteiger partial charge is 0.407 e. The fourth-order valence-electron chi connectivity index (χ4n) is 9.81. The molecule has 0 radical (unpaired) electrons. The van der Waals surface area contributed by atoms with E-state index in [1.807, 2.05) is 76.5 Å². The third kappa shape index (κ3) is 8.24. The first-order valence-electron chi connectivity index (χ1n) is 22.4. The number of nitrogens with one attached hydrogen (secondary N) is 3. The lowest BCUT2D eigenvalue weighted by molar-refractivity contribution is -0.135. The Morgan fingerprint density at radius 2 is 1.14 bits per heavy atom. The van der Waals surface area contributed by atoms with Crippen LogP contribution < -0.4 is 10.6 Å². The fraction of sp³-hybridized carbons (Fsp3) is 0.245. The highest BCUT2D eigenvalue weighted by atomic mass is 16.5. The lowest BCUT2D eigenvalue weighted by Crippen LogP contribution is -2.47. The molecule has 66 heavy (non-hydrogen) atoms. The number of alkyl carbamates (subject to hydrolysis) is 2. The maximum atomic E-state index is 14.1. The zero-order valence-corrected chi connectivity index (χ0v) is 36.7. The minimum Gasteiger partial charge on any atom is -0.453 e. The van der Waals surface area contributed by atoms with Crippen molar-refractivity contribution in [3.8, 4) is 22.3 Å². The molecule has 3 N–H and O–H groups in total. The van der Waals surface area contributed by atoms with Crippen LogP contribution in [-0.2, 0) is 25.5 Å². The van der Waals surface area contributed by atoms with E-state index < -0.39 is 24.3 Å². The van der Waals surface area contributed by atoms with Gasteiger partial charge in [-0.2, -0.15) is 0 Å². The minimum atomic E-state index is -0.886. The molecule has 2 saturated heterocycles. The molecule has 7 aromatic rings. The normalized spacial score (nSPS) is 17.6. The molecule has 4 amide bonds. The van der Waals surface area contributed by atoms with Crippen molar-refractivity contribution in [2.75, 3.05) is 27.3 Å². The number of amides is 4. The van der Waals surface area contributed by atoms with E-state index in [0.717, 1.165) is 92.5 Å². The van der Waals surface area contributed by atoms with Crippen LogP contribution in [-0.4, -0.2) is 82.8 Å². The van der Waals surface area contributed by atoms with Gasteiger partial charge < -0.3 is 34.9 Å². The summed E-state index contributed by atoms with van der Waals surface area (Å²) >= 11 is 0. The van der Waals surface area contributed by atoms with Gasteiger partial charge in [0, 0.05) is 25.2 Å². The van der Waals surface area contributed by atoms with Gasteiger partial charge in [-0.05, 0) is 112 Å². The van der Waals surface area contributed by atoms with Crippen LogP contribution in [0, 0.1) is 0 Å². The van der Waals surface area contributed by atoms with Crippen molar-refractivity contribution >= 4 is 57.2 Å². The van der Waals surface area contributed by atoms with Gasteiger partial charge in [0.2, 0.25) is 5.91 Å². The SMILES string of the molecule is COC(=O)N[C@@H](C(=O)N1CCC[C@H]1C1=Nc2ccc(-c3ccc4cc(-c5ccc6nc([C@@H]7CCCN7C(=O)[C@H](NC(=O)OC)c7ccccc7)[nH]c6c5)ccc4c3)cc2C1)c1ccccc1. The molecule has 1 aromatic heterocycles. The average Bonchev–Trinajstić information content (AvgIpc) is 4.20. The van der Waals surface area contributed by atoms with Gasteiger partial charge in [-0.1, -0.05) is 97.1 Å². The summed E-state index contributed by atoms with van der Waals surface area (Å²) in [7, 11) is 2.58. The van der Waals surface area contributed by atoms with Crippen LogP contribution in [0.4, 0.5) is 15.3 Å². The second-order valence-electron chi connectivity index (χ2n) is 17.1. The molecule has 10 rings (SSSR count). The summed E-state index contributed by atoms with van der Waals surface area (Å²) < 4.78 is 9.73. The number of carbonyl (C=O) groups excluding carboxylic acids is 4. The first kappa shape index (κ1) is 42.2. The molecule has 0 unspecified atom stereocenters. The Morgan fingerprint density at radius 3 is 1.73 bits per heavy atom. The van der Waals surface area contributed by atoms with Gasteiger partial charge in [-0.25, -0.2) is 14.6 Å². The summed E-state index contributed by atoms with van der Waals surface area (Å²) in [5.41, 5.74) is 10.4. The van der Waals surface area contributed by atoms with E-state index in [0.29, 0.717) is 30.6 Å². The Bertz CT molecular complexity index is 3020. The molecule has 0 aliphatic carbocycles. The van der Waals surface area contributed by atoms with Crippen molar-refractivity contribution in [1.29, 1.82) is 0 Å². The van der Waals surface area contributed by atoms with E-state index in [-0.39, 0.29) is 23.9 Å². The number of methoxy groups -OCH3 is 2. The van der Waals surface area contributed by atoms with E-state index in [4.69, 9.17) is 19.5 Å². The Labute approximate surface area is 381 Å². The third-order valence-corrected chi connectivity index (χ3v) is 13.1. The number of fused-ring (bicyclic) bond motifs is 3. The number of likely N-dealkylation sites (tertiary alicyclic amines) is 2. The third-order valence-electron chi connectivity index (χ3n) is 13.1. The van der Waals surface area contributed by atoms with E-state index in [1.165, 1.54) is 14.2 Å². The molecule has 3 aliphatic rings. The number of aliphatic imine (C=N–C) groups is 1. The van der Waals surface area contributed by atoms with Gasteiger partial charge in [0.25, 0.3) is 5.91 Å². The van der Waals surface area contributed by atoms with Gasteiger partial charge in [0.05, 0.1) is 43.0 Å². The number of nitrogens with zero attached hydrogens (tertiary/aromatic N) is 4. The number of H-pyrrole nitrogens is 1. The standard InChI is InChI=1S/C53H49N7O6/c1-65-52(63)57-47(32-11-5-3-6-12-32)50(61)59-25-9-15-45(59)44-31-40-29-38(21-23-41(40)54-44)36-18-17-35-28-37(20-19-34(35)27-36)39-22-24-42-43(30-39)56-49(55-42)46-16-10-26-60(46)51(62)48(58-53(64)66-2)33-13-7-4-8-14-33/h3-8,11-14,17-24,27-30,45-48H,9-10,15-16,25-26,31H2,1-2H3,(H,55,56)(H,57,63)(H,58,64)/t45-,46-,47+,48+/m0/s1. The Hall–Kier alpha value is -7.80. The molecule has 4 heterocycles. The quantitative estimate of drug-likeness (QED) is 0.123. The summed E-state index contributed by atoms with van der Waals surface area (Å²) in [6.45, 7) is 1.14. The molecule has 332 valence electrons. The Kier molecular flexibility index (Phi) is 11.5. The van der Waals surface area contributed by atoms with E-state index >= 15 is 0 Å². The van der Waals surface area contributed by atoms with Gasteiger partial charge >= 0.3 is 12.2 Å². The number of aromatic nitrogens is 2. The maximum Gasteiger partial charge on any atom is 0.407 e. The van der Waals surface area contributed by atoms with Gasteiger partial charge in [0.1, 0.15) is 17.9 Å². The number of carbonyl (C=O) groups is 4. The number of rotatable bonds is 10. The van der Waals surface area contributed by atoms with Crippen LogP contribution in [0.25, 0.3) is 44.1 Å². The van der Waals surface area contributed by atoms with Crippen LogP contribution in [0.15, 0.2) is 138 Å². The number of hydrogen-bond donors (Lipinski definition) is 3. The molecule has 4 atom stereocenters. The summed E-state index contributed by atoms with van der Waals surface area (Å²) in [5.74, 6) is 0.340.